The predicted octanol–water partition coefficient (Wildman–Crippen LogP) is 1.37. The van der Waals surface area contributed by atoms with Gasteiger partial charge in [-0.25, -0.2) is 9.37 Å². The van der Waals surface area contributed by atoms with Gasteiger partial charge in [-0.3, -0.25) is 0 Å². The average molecular weight is 196 g/mol. The van der Waals surface area contributed by atoms with Gasteiger partial charge in [0.05, 0.1) is 13.2 Å². The quantitative estimate of drug-likeness (QED) is 0.678. The van der Waals surface area contributed by atoms with Crippen molar-refractivity contribution in [3.63, 3.8) is 0 Å². The second kappa shape index (κ2) is 3.92. The van der Waals surface area contributed by atoms with E-state index in [0.717, 1.165) is 5.56 Å². The summed E-state index contributed by atoms with van der Waals surface area (Å²) in [6.45, 7) is 4.56. The Kier molecular flexibility index (Phi) is 2.63. The van der Waals surface area contributed by atoms with Crippen LogP contribution in [0.2, 0.25) is 0 Å². The van der Waals surface area contributed by atoms with E-state index in [-0.39, 0.29) is 5.82 Å². The molecule has 0 spiro atoms. The van der Waals surface area contributed by atoms with Crippen LogP contribution in [0.25, 0.3) is 0 Å². The molecule has 3 nitrogen and oxygen atoms in total. The van der Waals surface area contributed by atoms with E-state index < -0.39 is 0 Å². The first-order valence-electron chi connectivity index (χ1n) is 4.72. The lowest BCUT2D eigenvalue weighted by atomic mass is 10.3. The summed E-state index contributed by atoms with van der Waals surface area (Å²) in [5.41, 5.74) is 0.847. The van der Waals surface area contributed by atoms with Gasteiger partial charge in [0, 0.05) is 19.3 Å². The van der Waals surface area contributed by atoms with Crippen LogP contribution in [0.15, 0.2) is 12.3 Å². The first-order chi connectivity index (χ1) is 6.77. The molecule has 2 rings (SSSR count). The van der Waals surface area contributed by atoms with Gasteiger partial charge >= 0.3 is 0 Å². The molecular formula is C10H13FN2O. The number of nitrogens with zero attached hydrogens (tertiary/aromatic N) is 2. The number of aryl methyl sites for hydroxylation is 1. The second-order valence-electron chi connectivity index (χ2n) is 3.42. The van der Waals surface area contributed by atoms with Gasteiger partial charge in [-0.15, -0.1) is 0 Å². The normalized spacial score (nSPS) is 17.1. The molecule has 1 aromatic heterocycles. The first kappa shape index (κ1) is 9.40. The van der Waals surface area contributed by atoms with Crippen LogP contribution >= 0.6 is 0 Å². The van der Waals surface area contributed by atoms with Crippen molar-refractivity contribution in [2.75, 3.05) is 31.2 Å². The van der Waals surface area contributed by atoms with Crippen LogP contribution in [0.4, 0.5) is 10.2 Å². The summed E-state index contributed by atoms with van der Waals surface area (Å²) in [5, 5.41) is 0. The van der Waals surface area contributed by atoms with Crippen LogP contribution in [0.3, 0.4) is 0 Å². The number of ether oxygens (including phenoxy) is 1. The summed E-state index contributed by atoms with van der Waals surface area (Å²) in [6, 6.07) is 1.51. The van der Waals surface area contributed by atoms with Crippen LogP contribution < -0.4 is 4.90 Å². The minimum atomic E-state index is -0.244. The molecule has 0 radical (unpaired) electrons. The lowest BCUT2D eigenvalue weighted by Crippen LogP contribution is -2.37. The molecule has 0 N–H and O–H groups in total. The standard InChI is InChI=1S/C10H13FN2O/c1-8-6-9(11)10(12-7-8)13-2-4-14-5-3-13/h6-7H,2-5H2,1H3. The molecule has 0 aliphatic carbocycles. The molecular weight excluding hydrogens is 183 g/mol. The van der Waals surface area contributed by atoms with Crippen molar-refractivity contribution < 1.29 is 9.13 Å². The third kappa shape index (κ3) is 1.85. The van der Waals surface area contributed by atoms with Crippen molar-refractivity contribution in [1.82, 2.24) is 4.98 Å². The molecule has 0 unspecified atom stereocenters. The molecule has 2 heterocycles. The fourth-order valence-electron chi connectivity index (χ4n) is 1.53. The number of halogens is 1. The van der Waals surface area contributed by atoms with Gasteiger partial charge in [0.15, 0.2) is 11.6 Å². The molecule has 76 valence electrons. The Hall–Kier alpha value is -1.16. The summed E-state index contributed by atoms with van der Waals surface area (Å²) in [5.74, 6) is 0.200. The van der Waals surface area contributed by atoms with Gasteiger partial charge in [0.1, 0.15) is 0 Å². The Morgan fingerprint density at radius 2 is 2.14 bits per heavy atom. The fourth-order valence-corrected chi connectivity index (χ4v) is 1.53. The van der Waals surface area contributed by atoms with Gasteiger partial charge < -0.3 is 9.64 Å². The maximum atomic E-state index is 13.5. The Labute approximate surface area is 82.5 Å². The first-order valence-corrected chi connectivity index (χ1v) is 4.72. The zero-order chi connectivity index (χ0) is 9.97. The Morgan fingerprint density at radius 1 is 1.43 bits per heavy atom. The number of pyridine rings is 1. The van der Waals surface area contributed by atoms with E-state index in [1.807, 2.05) is 11.8 Å². The molecule has 0 bridgehead atoms. The largest absolute Gasteiger partial charge is 0.378 e. The lowest BCUT2D eigenvalue weighted by Gasteiger charge is -2.27. The van der Waals surface area contributed by atoms with E-state index in [2.05, 4.69) is 4.98 Å². The van der Waals surface area contributed by atoms with E-state index in [4.69, 9.17) is 4.74 Å². The summed E-state index contributed by atoms with van der Waals surface area (Å²) in [6.07, 6.45) is 1.69. The Morgan fingerprint density at radius 3 is 2.79 bits per heavy atom. The van der Waals surface area contributed by atoms with Gasteiger partial charge in [0.25, 0.3) is 0 Å². The minimum absolute atomic E-state index is 0.244. The minimum Gasteiger partial charge on any atom is -0.378 e. The lowest BCUT2D eigenvalue weighted by molar-refractivity contribution is 0.122. The van der Waals surface area contributed by atoms with Crippen LogP contribution in [-0.2, 0) is 4.74 Å². The fraction of sp³-hybridized carbons (Fsp3) is 0.500. The Bertz CT molecular complexity index is 324. The molecule has 1 saturated heterocycles. The van der Waals surface area contributed by atoms with Crippen molar-refractivity contribution in [2.24, 2.45) is 0 Å². The Balaban J connectivity index is 2.22. The van der Waals surface area contributed by atoms with Crippen molar-refractivity contribution in [3.05, 3.63) is 23.6 Å². The van der Waals surface area contributed by atoms with Gasteiger partial charge in [-0.2, -0.15) is 0 Å². The molecule has 4 heteroatoms. The van der Waals surface area contributed by atoms with Crippen molar-refractivity contribution in [3.8, 4) is 0 Å². The van der Waals surface area contributed by atoms with E-state index in [9.17, 15) is 4.39 Å². The molecule has 0 atom stereocenters. The number of morpholine rings is 1. The monoisotopic (exact) mass is 196 g/mol. The SMILES string of the molecule is Cc1cnc(N2CCOCC2)c(F)c1. The van der Waals surface area contributed by atoms with E-state index >= 15 is 0 Å². The number of rotatable bonds is 1. The average Bonchev–Trinajstić information content (AvgIpc) is 2.19. The summed E-state index contributed by atoms with van der Waals surface area (Å²) in [4.78, 5) is 6.01. The zero-order valence-corrected chi connectivity index (χ0v) is 8.16. The third-order valence-corrected chi connectivity index (χ3v) is 2.27. The molecule has 1 aliphatic heterocycles. The van der Waals surface area contributed by atoms with Gasteiger partial charge in [-0.1, -0.05) is 0 Å². The van der Waals surface area contributed by atoms with E-state index in [0.29, 0.717) is 32.1 Å². The highest BCUT2D eigenvalue weighted by atomic mass is 19.1. The van der Waals surface area contributed by atoms with Crippen LogP contribution in [0, 0.1) is 12.7 Å². The van der Waals surface area contributed by atoms with Crippen molar-refractivity contribution in [2.45, 2.75) is 6.92 Å². The van der Waals surface area contributed by atoms with E-state index in [1.54, 1.807) is 6.20 Å². The summed E-state index contributed by atoms with van der Waals surface area (Å²) >= 11 is 0. The summed E-state index contributed by atoms with van der Waals surface area (Å²) in [7, 11) is 0. The van der Waals surface area contributed by atoms with Crippen molar-refractivity contribution in [1.29, 1.82) is 0 Å². The second-order valence-corrected chi connectivity index (χ2v) is 3.42. The van der Waals surface area contributed by atoms with Crippen LogP contribution in [0.5, 0.6) is 0 Å². The zero-order valence-electron chi connectivity index (χ0n) is 8.16. The molecule has 14 heavy (non-hydrogen) atoms. The number of hydrogen-bond donors (Lipinski definition) is 0. The molecule has 0 saturated carbocycles. The van der Waals surface area contributed by atoms with Gasteiger partial charge in [0.2, 0.25) is 0 Å². The third-order valence-electron chi connectivity index (χ3n) is 2.27. The summed E-state index contributed by atoms with van der Waals surface area (Å²) < 4.78 is 18.7. The molecule has 0 aromatic carbocycles. The highest BCUT2D eigenvalue weighted by Gasteiger charge is 2.15. The number of aromatic nitrogens is 1. The number of hydrogen-bond acceptors (Lipinski definition) is 3. The molecule has 1 fully saturated rings. The molecule has 1 aliphatic rings. The highest BCUT2D eigenvalue weighted by Crippen LogP contribution is 2.17. The molecule has 1 aromatic rings. The molecule has 0 amide bonds. The van der Waals surface area contributed by atoms with Crippen molar-refractivity contribution >= 4 is 5.82 Å². The van der Waals surface area contributed by atoms with E-state index in [1.165, 1.54) is 6.07 Å². The van der Waals surface area contributed by atoms with Gasteiger partial charge in [-0.05, 0) is 18.6 Å². The number of anilines is 1. The maximum Gasteiger partial charge on any atom is 0.165 e. The van der Waals surface area contributed by atoms with Crippen LogP contribution in [0.1, 0.15) is 5.56 Å². The maximum absolute atomic E-state index is 13.5. The van der Waals surface area contributed by atoms with Crippen LogP contribution in [-0.4, -0.2) is 31.3 Å². The predicted molar refractivity (Wildman–Crippen MR) is 52.0 cm³/mol. The highest BCUT2D eigenvalue weighted by molar-refractivity contribution is 5.41. The topological polar surface area (TPSA) is 25.4 Å². The smallest absolute Gasteiger partial charge is 0.165 e.